The first-order valence-electron chi connectivity index (χ1n) is 11.6. The zero-order valence-corrected chi connectivity index (χ0v) is 18.7. The maximum atomic E-state index is 14.1. The summed E-state index contributed by atoms with van der Waals surface area (Å²) in [5.41, 5.74) is 8.15. The molecule has 9 nitrogen and oxygen atoms in total. The number of fused-ring (bicyclic) bond motifs is 3. The van der Waals surface area contributed by atoms with E-state index in [1.807, 2.05) is 17.2 Å². The molecule has 2 aliphatic rings. The van der Waals surface area contributed by atoms with Gasteiger partial charge in [0.2, 0.25) is 5.95 Å². The zero-order chi connectivity index (χ0) is 23.2. The predicted octanol–water partition coefficient (Wildman–Crippen LogP) is 2.61. The molecule has 0 radical (unpaired) electrons. The van der Waals surface area contributed by atoms with E-state index in [4.69, 9.17) is 15.5 Å². The summed E-state index contributed by atoms with van der Waals surface area (Å²) >= 11 is 0. The highest BCUT2D eigenvalue weighted by Crippen LogP contribution is 2.29. The van der Waals surface area contributed by atoms with Crippen molar-refractivity contribution < 1.29 is 13.5 Å². The van der Waals surface area contributed by atoms with E-state index in [2.05, 4.69) is 19.5 Å². The molecule has 1 atom stereocenters. The van der Waals surface area contributed by atoms with Gasteiger partial charge in [-0.05, 0) is 31.0 Å². The number of nitrogens with zero attached hydrogens (tertiary/aromatic N) is 7. The summed E-state index contributed by atoms with van der Waals surface area (Å²) in [5, 5.41) is 5.44. The van der Waals surface area contributed by atoms with Gasteiger partial charge in [-0.2, -0.15) is 9.50 Å². The van der Waals surface area contributed by atoms with Gasteiger partial charge < -0.3 is 19.9 Å². The number of aromatic nitrogens is 5. The lowest BCUT2D eigenvalue weighted by Crippen LogP contribution is -2.47. The van der Waals surface area contributed by atoms with Gasteiger partial charge in [0.25, 0.3) is 0 Å². The molecule has 0 bridgehead atoms. The van der Waals surface area contributed by atoms with Gasteiger partial charge in [0.1, 0.15) is 23.4 Å². The third kappa shape index (κ3) is 3.74. The van der Waals surface area contributed by atoms with Crippen LogP contribution in [0.3, 0.4) is 0 Å². The molecule has 2 aliphatic heterocycles. The summed E-state index contributed by atoms with van der Waals surface area (Å²) in [6, 6.07) is 5.75. The Morgan fingerprint density at radius 1 is 1.03 bits per heavy atom. The Morgan fingerprint density at radius 2 is 1.88 bits per heavy atom. The van der Waals surface area contributed by atoms with Crippen LogP contribution in [0.1, 0.15) is 24.8 Å². The van der Waals surface area contributed by atoms with Crippen LogP contribution < -0.4 is 10.6 Å². The van der Waals surface area contributed by atoms with Gasteiger partial charge in [-0.1, -0.05) is 0 Å². The van der Waals surface area contributed by atoms with Crippen molar-refractivity contribution in [3.05, 3.63) is 47.9 Å². The summed E-state index contributed by atoms with van der Waals surface area (Å²) < 4.78 is 36.7. The van der Waals surface area contributed by atoms with E-state index in [0.717, 1.165) is 62.7 Å². The van der Waals surface area contributed by atoms with Gasteiger partial charge in [0.05, 0.1) is 11.1 Å². The van der Waals surface area contributed by atoms with E-state index in [0.29, 0.717) is 36.2 Å². The second-order valence-corrected chi connectivity index (χ2v) is 8.85. The van der Waals surface area contributed by atoms with Crippen molar-refractivity contribution in [1.82, 2.24) is 29.0 Å². The van der Waals surface area contributed by atoms with E-state index >= 15 is 0 Å². The Morgan fingerprint density at radius 3 is 2.65 bits per heavy atom. The molecule has 0 aliphatic carbocycles. The van der Waals surface area contributed by atoms with E-state index in [9.17, 15) is 8.78 Å². The van der Waals surface area contributed by atoms with E-state index < -0.39 is 11.6 Å². The molecule has 1 unspecified atom stereocenters. The van der Waals surface area contributed by atoms with Crippen LogP contribution in [0.15, 0.2) is 30.5 Å². The number of rotatable bonds is 5. The molecule has 4 aromatic rings. The molecule has 178 valence electrons. The molecular weight excluding hydrogens is 442 g/mol. The van der Waals surface area contributed by atoms with Crippen LogP contribution in [0.2, 0.25) is 0 Å². The first kappa shape index (κ1) is 21.2. The van der Waals surface area contributed by atoms with Crippen LogP contribution in [0.5, 0.6) is 0 Å². The molecule has 34 heavy (non-hydrogen) atoms. The largest absolute Gasteiger partial charge is 0.370 e. The lowest BCUT2D eigenvalue weighted by atomic mass is 10.2. The number of anilines is 2. The number of benzene rings is 1. The molecule has 11 heteroatoms. The van der Waals surface area contributed by atoms with Crippen molar-refractivity contribution in [1.29, 1.82) is 0 Å². The third-order valence-corrected chi connectivity index (χ3v) is 6.73. The molecule has 0 saturated carbocycles. The maximum Gasteiger partial charge on any atom is 0.225 e. The molecule has 2 fully saturated rings. The maximum absolute atomic E-state index is 14.1. The van der Waals surface area contributed by atoms with Crippen molar-refractivity contribution >= 4 is 28.3 Å². The number of hydrogen-bond donors (Lipinski definition) is 1. The topological polar surface area (TPSA) is 89.7 Å². The summed E-state index contributed by atoms with van der Waals surface area (Å²) in [4.78, 5) is 13.6. The average molecular weight is 469 g/mol. The fraction of sp³-hybridized carbons (Fsp3) is 0.435. The smallest absolute Gasteiger partial charge is 0.225 e. The van der Waals surface area contributed by atoms with Crippen LogP contribution in [0.4, 0.5) is 20.4 Å². The highest BCUT2D eigenvalue weighted by atomic mass is 19.1. The second-order valence-electron chi connectivity index (χ2n) is 8.85. The monoisotopic (exact) mass is 468 g/mol. The number of nitrogens with two attached hydrogens (primary N) is 1. The van der Waals surface area contributed by atoms with Crippen molar-refractivity contribution in [2.75, 3.05) is 50.0 Å². The second kappa shape index (κ2) is 8.48. The molecule has 1 aromatic carbocycles. The van der Waals surface area contributed by atoms with Crippen LogP contribution >= 0.6 is 0 Å². The van der Waals surface area contributed by atoms with Gasteiger partial charge in [-0.3, -0.25) is 4.90 Å². The number of nitrogen functional groups attached to an aromatic ring is 1. The molecule has 5 heterocycles. The molecule has 2 N–H and O–H groups in total. The summed E-state index contributed by atoms with van der Waals surface area (Å²) in [6.45, 7) is 5.26. The first-order chi connectivity index (χ1) is 16.6. The molecule has 0 amide bonds. The lowest BCUT2D eigenvalue weighted by Gasteiger charge is -2.36. The van der Waals surface area contributed by atoms with Gasteiger partial charge in [0, 0.05) is 58.1 Å². The SMILES string of the molecule is Nc1nc2c(ccn2CCN2CCN(c3ccc(F)cc3F)CC2)c2nc(C3CCCO3)nn12. The Kier molecular flexibility index (Phi) is 5.30. The van der Waals surface area contributed by atoms with Crippen LogP contribution in [-0.4, -0.2) is 68.4 Å². The van der Waals surface area contributed by atoms with Gasteiger partial charge in [-0.25, -0.2) is 13.8 Å². The zero-order valence-electron chi connectivity index (χ0n) is 18.7. The fourth-order valence-electron chi connectivity index (χ4n) is 4.88. The minimum atomic E-state index is -0.556. The van der Waals surface area contributed by atoms with E-state index in [1.54, 1.807) is 4.52 Å². The number of halogens is 2. The Hall–Kier alpha value is -3.31. The van der Waals surface area contributed by atoms with Crippen LogP contribution in [0.25, 0.3) is 16.7 Å². The number of piperazine rings is 1. The Labute approximate surface area is 194 Å². The Bertz CT molecular complexity index is 1340. The van der Waals surface area contributed by atoms with Crippen molar-refractivity contribution in [3.8, 4) is 0 Å². The number of ether oxygens (including phenoxy) is 1. The molecule has 3 aromatic heterocycles. The minimum Gasteiger partial charge on any atom is -0.370 e. The molecule has 6 rings (SSSR count). The minimum absolute atomic E-state index is 0.0847. The van der Waals surface area contributed by atoms with E-state index in [-0.39, 0.29) is 6.10 Å². The van der Waals surface area contributed by atoms with Gasteiger partial charge in [-0.15, -0.1) is 5.10 Å². The normalized spacial score (nSPS) is 19.6. The van der Waals surface area contributed by atoms with E-state index in [1.165, 1.54) is 12.1 Å². The quantitative estimate of drug-likeness (QED) is 0.482. The summed E-state index contributed by atoms with van der Waals surface area (Å²) in [6.07, 6.45) is 3.84. The van der Waals surface area contributed by atoms with Crippen LogP contribution in [-0.2, 0) is 11.3 Å². The standard InChI is InChI=1S/C23H26F2N8O/c24-15-3-4-18(17(25)14-15)31-10-7-30(8-11-31)9-12-32-6-5-16-21(32)28-23(26)33-22(16)27-20(29-33)19-2-1-13-34-19/h3-6,14,19H,1-2,7-13H2,(H2,26,28). The lowest BCUT2D eigenvalue weighted by molar-refractivity contribution is 0.105. The molecule has 0 spiro atoms. The summed E-state index contributed by atoms with van der Waals surface area (Å²) in [5.74, 6) is -0.117. The van der Waals surface area contributed by atoms with Crippen LogP contribution in [0, 0.1) is 11.6 Å². The van der Waals surface area contributed by atoms with Crippen molar-refractivity contribution in [2.45, 2.75) is 25.5 Å². The average Bonchev–Trinajstić information content (AvgIpc) is 3.58. The molecular formula is C23H26F2N8O. The van der Waals surface area contributed by atoms with Gasteiger partial charge in [0.15, 0.2) is 11.5 Å². The third-order valence-electron chi connectivity index (χ3n) is 6.73. The Balaban J connectivity index is 1.15. The first-order valence-corrected chi connectivity index (χ1v) is 11.6. The predicted molar refractivity (Wildman–Crippen MR) is 124 cm³/mol. The summed E-state index contributed by atoms with van der Waals surface area (Å²) in [7, 11) is 0. The number of hydrogen-bond acceptors (Lipinski definition) is 7. The highest BCUT2D eigenvalue weighted by molar-refractivity contribution is 5.90. The van der Waals surface area contributed by atoms with Crippen molar-refractivity contribution in [2.24, 2.45) is 0 Å². The van der Waals surface area contributed by atoms with Crippen molar-refractivity contribution in [3.63, 3.8) is 0 Å². The highest BCUT2D eigenvalue weighted by Gasteiger charge is 2.24. The molecule has 2 saturated heterocycles. The van der Waals surface area contributed by atoms with Gasteiger partial charge >= 0.3 is 0 Å². The fourth-order valence-corrected chi connectivity index (χ4v) is 4.88.